The van der Waals surface area contributed by atoms with Crippen molar-refractivity contribution in [3.8, 4) is 17.1 Å². The molecule has 11 aromatic rings. The van der Waals surface area contributed by atoms with Gasteiger partial charge in [-0.15, -0.1) is 0 Å². The summed E-state index contributed by atoms with van der Waals surface area (Å²) in [5.41, 5.74) is 12.7. The van der Waals surface area contributed by atoms with Gasteiger partial charge >= 0.3 is 0 Å². The van der Waals surface area contributed by atoms with Crippen LogP contribution in [0.15, 0.2) is 206 Å². The van der Waals surface area contributed by atoms with E-state index in [4.69, 9.17) is 0 Å². The zero-order chi connectivity index (χ0) is 35.6. The molecular formula is C50H34N4. The summed E-state index contributed by atoms with van der Waals surface area (Å²) < 4.78 is 7.14. The van der Waals surface area contributed by atoms with Gasteiger partial charge in [0.25, 0.3) is 0 Å². The third kappa shape index (κ3) is 4.64. The molecule has 0 radical (unpaired) electrons. The minimum absolute atomic E-state index is 1.10. The average molecular weight is 691 g/mol. The zero-order valence-electron chi connectivity index (χ0n) is 29.4. The maximum atomic E-state index is 2.44. The topological polar surface area (TPSA) is 18.0 Å². The Hall–Kier alpha value is -7.30. The third-order valence-corrected chi connectivity index (χ3v) is 10.8. The monoisotopic (exact) mass is 690 g/mol. The Morgan fingerprint density at radius 1 is 0.315 bits per heavy atom. The van der Waals surface area contributed by atoms with Crippen LogP contribution in [0.4, 0.5) is 17.1 Å². The maximum Gasteiger partial charge on any atom is 0.0788 e. The van der Waals surface area contributed by atoms with Crippen LogP contribution < -0.4 is 4.90 Å². The lowest BCUT2D eigenvalue weighted by molar-refractivity contribution is 1.12. The summed E-state index contributed by atoms with van der Waals surface area (Å²) in [6.45, 7) is 0. The van der Waals surface area contributed by atoms with Crippen LogP contribution in [0.5, 0.6) is 0 Å². The minimum atomic E-state index is 1.10. The van der Waals surface area contributed by atoms with Crippen molar-refractivity contribution in [2.75, 3.05) is 4.90 Å². The van der Waals surface area contributed by atoms with E-state index in [2.05, 4.69) is 225 Å². The van der Waals surface area contributed by atoms with E-state index < -0.39 is 0 Å². The Balaban J connectivity index is 1.17. The van der Waals surface area contributed by atoms with Gasteiger partial charge in [0.1, 0.15) is 0 Å². The second-order valence-electron chi connectivity index (χ2n) is 13.9. The first kappa shape index (κ1) is 30.3. The molecule has 11 rings (SSSR count). The van der Waals surface area contributed by atoms with Gasteiger partial charge in [-0.05, 0) is 97.1 Å². The highest BCUT2D eigenvalue weighted by Crippen LogP contribution is 2.43. The van der Waals surface area contributed by atoms with Gasteiger partial charge in [-0.3, -0.25) is 0 Å². The standard InChI is InChI=1S/C50H34N4/c1-5-15-36(16-6-1)51-32-31-35-25-28-43-45-34-41(27-30-48(45)54(50(43)49(35)51)39-21-11-4-12-22-39)52(37-17-7-2-8-18-37)40-26-29-47-44(33-40)42-23-13-14-24-46(42)53(47)38-19-9-3-10-20-38/h1-34H. The Morgan fingerprint density at radius 3 is 1.50 bits per heavy atom. The van der Waals surface area contributed by atoms with Crippen molar-refractivity contribution in [2.24, 2.45) is 0 Å². The lowest BCUT2D eigenvalue weighted by Crippen LogP contribution is -2.09. The summed E-state index contributed by atoms with van der Waals surface area (Å²) in [4.78, 5) is 2.39. The number of rotatable bonds is 6. The molecule has 0 saturated heterocycles. The quantitative estimate of drug-likeness (QED) is 0.170. The SMILES string of the molecule is c1ccc(N(c2ccc3c(c2)c2ccccc2n3-c2ccccc2)c2ccc3c(c2)c2ccc4ccn(-c5ccccc5)c4c2n3-c2ccccc2)cc1. The lowest BCUT2D eigenvalue weighted by atomic mass is 10.1. The summed E-state index contributed by atoms with van der Waals surface area (Å²) >= 11 is 0. The third-order valence-electron chi connectivity index (χ3n) is 10.8. The van der Waals surface area contributed by atoms with Gasteiger partial charge in [0, 0.05) is 67.3 Å². The Bertz CT molecular complexity index is 3140. The number of para-hydroxylation sites is 5. The van der Waals surface area contributed by atoms with E-state index in [9.17, 15) is 0 Å². The smallest absolute Gasteiger partial charge is 0.0788 e. The molecule has 254 valence electrons. The van der Waals surface area contributed by atoms with Crippen LogP contribution in [0.2, 0.25) is 0 Å². The second kappa shape index (κ2) is 12.1. The molecule has 0 spiro atoms. The van der Waals surface area contributed by atoms with Crippen molar-refractivity contribution in [1.29, 1.82) is 0 Å². The summed E-state index contributed by atoms with van der Waals surface area (Å²) in [5, 5.41) is 6.09. The van der Waals surface area contributed by atoms with Crippen molar-refractivity contribution >= 4 is 71.6 Å². The number of benzene rings is 8. The highest BCUT2D eigenvalue weighted by molar-refractivity contribution is 6.19. The second-order valence-corrected chi connectivity index (χ2v) is 13.9. The van der Waals surface area contributed by atoms with Gasteiger partial charge in [0.15, 0.2) is 0 Å². The van der Waals surface area contributed by atoms with Crippen LogP contribution in [0, 0.1) is 0 Å². The molecule has 8 aromatic carbocycles. The fourth-order valence-electron chi connectivity index (χ4n) is 8.48. The van der Waals surface area contributed by atoms with Crippen LogP contribution >= 0.6 is 0 Å². The molecule has 0 amide bonds. The van der Waals surface area contributed by atoms with Crippen molar-refractivity contribution in [1.82, 2.24) is 13.7 Å². The Morgan fingerprint density at radius 2 is 0.833 bits per heavy atom. The fourth-order valence-corrected chi connectivity index (χ4v) is 8.48. The highest BCUT2D eigenvalue weighted by Gasteiger charge is 2.21. The van der Waals surface area contributed by atoms with E-state index >= 15 is 0 Å². The molecule has 0 bridgehead atoms. The van der Waals surface area contributed by atoms with Crippen LogP contribution in [-0.4, -0.2) is 13.7 Å². The van der Waals surface area contributed by atoms with E-state index in [1.54, 1.807) is 0 Å². The molecule has 0 aliphatic rings. The molecule has 0 atom stereocenters. The predicted molar refractivity (Wildman–Crippen MR) is 227 cm³/mol. The van der Waals surface area contributed by atoms with Crippen molar-refractivity contribution in [2.45, 2.75) is 0 Å². The van der Waals surface area contributed by atoms with E-state index in [-0.39, 0.29) is 0 Å². The molecule has 54 heavy (non-hydrogen) atoms. The first-order valence-corrected chi connectivity index (χ1v) is 18.4. The van der Waals surface area contributed by atoms with Gasteiger partial charge in [-0.25, -0.2) is 0 Å². The number of fused-ring (bicyclic) bond motifs is 8. The lowest BCUT2D eigenvalue weighted by Gasteiger charge is -2.26. The van der Waals surface area contributed by atoms with Gasteiger partial charge in [0.05, 0.1) is 27.6 Å². The number of nitrogens with zero attached hydrogens (tertiary/aromatic N) is 4. The number of anilines is 3. The fraction of sp³-hybridized carbons (Fsp3) is 0. The van der Waals surface area contributed by atoms with Gasteiger partial charge < -0.3 is 18.6 Å². The largest absolute Gasteiger partial charge is 0.315 e. The molecule has 0 N–H and O–H groups in total. The van der Waals surface area contributed by atoms with E-state index in [0.29, 0.717) is 0 Å². The number of hydrogen-bond acceptors (Lipinski definition) is 1. The van der Waals surface area contributed by atoms with Gasteiger partial charge in [-0.1, -0.05) is 103 Å². The molecule has 0 aliphatic heterocycles. The van der Waals surface area contributed by atoms with E-state index in [1.807, 2.05) is 0 Å². The Kier molecular flexibility index (Phi) is 6.82. The molecule has 4 nitrogen and oxygen atoms in total. The average Bonchev–Trinajstić information content (AvgIpc) is 3.92. The summed E-state index contributed by atoms with van der Waals surface area (Å²) in [7, 11) is 0. The summed E-state index contributed by atoms with van der Waals surface area (Å²) in [5.74, 6) is 0. The van der Waals surface area contributed by atoms with Crippen molar-refractivity contribution in [3.63, 3.8) is 0 Å². The van der Waals surface area contributed by atoms with Crippen molar-refractivity contribution < 1.29 is 0 Å². The molecule has 3 aromatic heterocycles. The van der Waals surface area contributed by atoms with Crippen molar-refractivity contribution in [3.05, 3.63) is 206 Å². The normalized spacial score (nSPS) is 11.7. The molecule has 3 heterocycles. The first-order valence-electron chi connectivity index (χ1n) is 18.4. The van der Waals surface area contributed by atoms with Crippen LogP contribution in [0.1, 0.15) is 0 Å². The Labute approximate surface area is 312 Å². The number of hydrogen-bond donors (Lipinski definition) is 0. The van der Waals surface area contributed by atoms with Gasteiger partial charge in [0.2, 0.25) is 0 Å². The van der Waals surface area contributed by atoms with Gasteiger partial charge in [-0.2, -0.15) is 0 Å². The predicted octanol–water partition coefficient (Wildman–Crippen LogP) is 13.3. The van der Waals surface area contributed by atoms with Crippen LogP contribution in [0.3, 0.4) is 0 Å². The molecule has 0 fully saturated rings. The molecule has 0 unspecified atom stereocenters. The summed E-state index contributed by atoms with van der Waals surface area (Å²) in [6, 6.07) is 72.2. The molecule has 0 aliphatic carbocycles. The molecule has 4 heteroatoms. The van der Waals surface area contributed by atoms with Crippen LogP contribution in [0.25, 0.3) is 71.6 Å². The zero-order valence-corrected chi connectivity index (χ0v) is 29.4. The minimum Gasteiger partial charge on any atom is -0.315 e. The highest BCUT2D eigenvalue weighted by atomic mass is 15.1. The maximum absolute atomic E-state index is 2.44. The molecule has 0 saturated carbocycles. The van der Waals surface area contributed by atoms with E-state index in [1.165, 1.54) is 54.5 Å². The van der Waals surface area contributed by atoms with E-state index in [0.717, 1.165) is 34.1 Å². The van der Waals surface area contributed by atoms with Crippen LogP contribution in [-0.2, 0) is 0 Å². The first-order chi connectivity index (χ1) is 26.8. The molecular weight excluding hydrogens is 657 g/mol. The summed E-state index contributed by atoms with van der Waals surface area (Å²) in [6.07, 6.45) is 2.19. The number of aromatic nitrogens is 3.